The van der Waals surface area contributed by atoms with E-state index >= 15 is 0 Å². The monoisotopic (exact) mass is 572 g/mol. The molecule has 0 N–H and O–H groups in total. The van der Waals surface area contributed by atoms with Crippen LogP contribution in [0.2, 0.25) is 0 Å². The van der Waals surface area contributed by atoms with Gasteiger partial charge in [0.2, 0.25) is 5.71 Å². The summed E-state index contributed by atoms with van der Waals surface area (Å²) in [5.74, 6) is 1.07. The minimum atomic E-state index is -2.39. The van der Waals surface area contributed by atoms with Gasteiger partial charge in [-0.05, 0) is 113 Å². The fraction of sp³-hybridized carbons (Fsp3) is 0.300. The number of aromatic nitrogens is 2. The van der Waals surface area contributed by atoms with Crippen molar-refractivity contribution in [2.24, 2.45) is 0 Å². The summed E-state index contributed by atoms with van der Waals surface area (Å²) in [6.07, 6.45) is 1.44. The molecule has 0 aliphatic rings. The maximum Gasteiger partial charge on any atom is 0.227 e. The zero-order valence-corrected chi connectivity index (χ0v) is 26.0. The molecule has 3 aromatic heterocycles. The van der Waals surface area contributed by atoms with E-state index < -0.39 is 13.7 Å². The second kappa shape index (κ2) is 11.1. The summed E-state index contributed by atoms with van der Waals surface area (Å²) in [5.41, 5.74) is 10.7. The Morgan fingerprint density at radius 1 is 0.698 bits per heavy atom. The lowest BCUT2D eigenvalue weighted by Gasteiger charge is -2.24. The Kier molecular flexibility index (Phi) is 5.77. The number of aryl methyl sites for hydroxylation is 3. The number of furan rings is 1. The highest BCUT2D eigenvalue weighted by Crippen LogP contribution is 2.41. The molecule has 0 amide bonds. The molecule has 0 aliphatic carbocycles. The maximum absolute atomic E-state index is 8.39. The molecule has 0 spiro atoms. The predicted molar refractivity (Wildman–Crippen MR) is 182 cm³/mol. The lowest BCUT2D eigenvalue weighted by Crippen LogP contribution is -2.04. The van der Waals surface area contributed by atoms with Crippen molar-refractivity contribution in [1.82, 2.24) is 9.97 Å². The van der Waals surface area contributed by atoms with Crippen LogP contribution in [0, 0.1) is 20.6 Å². The van der Waals surface area contributed by atoms with Gasteiger partial charge in [-0.3, -0.25) is 4.98 Å². The zero-order valence-electron chi connectivity index (χ0n) is 32.0. The molecule has 218 valence electrons. The van der Waals surface area contributed by atoms with Crippen LogP contribution in [0.5, 0.6) is 0 Å². The number of para-hydroxylation sites is 1. The first-order chi connectivity index (χ1) is 23.0. The Hall–Kier alpha value is -4.24. The predicted octanol–water partition coefficient (Wildman–Crippen LogP) is 11.7. The fourth-order valence-corrected chi connectivity index (χ4v) is 6.12. The summed E-state index contributed by atoms with van der Waals surface area (Å²) in [6, 6.07) is 21.7. The van der Waals surface area contributed by atoms with Gasteiger partial charge in [-0.2, -0.15) is 0 Å². The molecule has 0 bridgehead atoms. The molecule has 0 atom stereocenters. The standard InChI is InChI=1S/C40H42N2O/c1-22(2)29-18-34(23(3)4)38(35(19-29)24(5)6)28-14-16-30(25(7)17-28)36-20-37(41-21-26(36)8)33-12-10-11-31-32-15-13-27(9)42-40(32)43-39(31)33/h10-24H,1-9H3/i8D3,9D3. The molecule has 0 aliphatic heterocycles. The highest BCUT2D eigenvalue weighted by Gasteiger charge is 2.20. The molecular weight excluding hydrogens is 524 g/mol. The molecule has 6 aromatic rings. The van der Waals surface area contributed by atoms with E-state index in [1.807, 2.05) is 37.3 Å². The first-order valence-corrected chi connectivity index (χ1v) is 15.1. The summed E-state index contributed by atoms with van der Waals surface area (Å²) in [5, 5.41) is 1.46. The summed E-state index contributed by atoms with van der Waals surface area (Å²) in [6.45, 7) is 10.7. The lowest BCUT2D eigenvalue weighted by atomic mass is 9.81. The number of hydrogen-bond donors (Lipinski definition) is 0. The van der Waals surface area contributed by atoms with Crippen LogP contribution in [0.1, 0.15) is 101 Å². The molecule has 6 rings (SSSR count). The van der Waals surface area contributed by atoms with E-state index in [9.17, 15) is 0 Å². The molecule has 0 saturated carbocycles. The second-order valence-corrected chi connectivity index (χ2v) is 12.5. The van der Waals surface area contributed by atoms with Gasteiger partial charge in [0.25, 0.3) is 0 Å². The zero-order chi connectivity index (χ0) is 35.6. The highest BCUT2D eigenvalue weighted by molar-refractivity contribution is 6.08. The molecule has 3 heteroatoms. The first kappa shape index (κ1) is 22.3. The highest BCUT2D eigenvalue weighted by atomic mass is 16.3. The van der Waals surface area contributed by atoms with Crippen molar-refractivity contribution in [3.63, 3.8) is 0 Å². The van der Waals surface area contributed by atoms with Crippen LogP contribution in [-0.2, 0) is 0 Å². The molecule has 0 unspecified atom stereocenters. The third-order valence-electron chi connectivity index (χ3n) is 8.48. The average molecular weight is 573 g/mol. The maximum atomic E-state index is 8.39. The van der Waals surface area contributed by atoms with Crippen LogP contribution < -0.4 is 0 Å². The van der Waals surface area contributed by atoms with Crippen molar-refractivity contribution < 1.29 is 12.6 Å². The Labute approximate surface area is 264 Å². The third-order valence-corrected chi connectivity index (χ3v) is 8.48. The Morgan fingerprint density at radius 2 is 1.47 bits per heavy atom. The lowest BCUT2D eigenvalue weighted by molar-refractivity contribution is 0.653. The number of rotatable bonds is 6. The molecule has 43 heavy (non-hydrogen) atoms. The van der Waals surface area contributed by atoms with E-state index in [0.29, 0.717) is 45.5 Å². The van der Waals surface area contributed by atoms with E-state index in [1.165, 1.54) is 34.5 Å². The van der Waals surface area contributed by atoms with Crippen LogP contribution in [0.4, 0.5) is 0 Å². The topological polar surface area (TPSA) is 38.9 Å². The number of hydrogen-bond acceptors (Lipinski definition) is 3. The van der Waals surface area contributed by atoms with Crippen LogP contribution in [0.15, 0.2) is 77.3 Å². The van der Waals surface area contributed by atoms with Crippen molar-refractivity contribution >= 4 is 22.1 Å². The van der Waals surface area contributed by atoms with Gasteiger partial charge < -0.3 is 4.42 Å². The third kappa shape index (κ3) is 5.16. The van der Waals surface area contributed by atoms with E-state index in [-0.39, 0.29) is 17.0 Å². The van der Waals surface area contributed by atoms with Crippen molar-refractivity contribution in [2.45, 2.75) is 79.9 Å². The number of pyridine rings is 2. The first-order valence-electron chi connectivity index (χ1n) is 18.1. The normalized spacial score (nSPS) is 14.7. The van der Waals surface area contributed by atoms with E-state index in [2.05, 4.69) is 75.8 Å². The molecular formula is C40H42N2O. The number of benzene rings is 3. The van der Waals surface area contributed by atoms with Crippen LogP contribution in [-0.4, -0.2) is 9.97 Å². The fourth-order valence-electron chi connectivity index (χ4n) is 6.12. The summed E-state index contributed by atoms with van der Waals surface area (Å²) in [7, 11) is 0. The molecule has 0 radical (unpaired) electrons. The van der Waals surface area contributed by atoms with Gasteiger partial charge in [-0.1, -0.05) is 84.0 Å². The van der Waals surface area contributed by atoms with Gasteiger partial charge >= 0.3 is 0 Å². The molecule has 3 heterocycles. The van der Waals surface area contributed by atoms with Gasteiger partial charge in [-0.25, -0.2) is 4.98 Å². The van der Waals surface area contributed by atoms with Crippen LogP contribution in [0.3, 0.4) is 0 Å². The number of nitrogens with zero attached hydrogens (tertiary/aromatic N) is 2. The minimum Gasteiger partial charge on any atom is -0.437 e. The summed E-state index contributed by atoms with van der Waals surface area (Å²) >= 11 is 0. The largest absolute Gasteiger partial charge is 0.437 e. The minimum absolute atomic E-state index is 0.0427. The van der Waals surface area contributed by atoms with Crippen molar-refractivity contribution in [3.05, 3.63) is 106 Å². The molecule has 0 fully saturated rings. The quantitative estimate of drug-likeness (QED) is 0.199. The van der Waals surface area contributed by atoms with E-state index in [4.69, 9.17) is 12.6 Å². The summed E-state index contributed by atoms with van der Waals surface area (Å²) < 4.78 is 54.6. The molecule has 3 nitrogen and oxygen atoms in total. The van der Waals surface area contributed by atoms with Gasteiger partial charge in [0.1, 0.15) is 5.58 Å². The van der Waals surface area contributed by atoms with Crippen molar-refractivity contribution in [2.75, 3.05) is 0 Å². The Balaban J connectivity index is 1.53. The second-order valence-electron chi connectivity index (χ2n) is 12.5. The van der Waals surface area contributed by atoms with Gasteiger partial charge in [0.05, 0.1) is 5.69 Å². The SMILES string of the molecule is [2H]C([2H])([2H])c1ccc2c(n1)oc1c(-c3cc(-c4ccc(-c5c(C(C)C)cc(C(C)C)cc5C(C)C)cc4C)c(C([2H])([2H])[2H])cn3)cccc12. The van der Waals surface area contributed by atoms with Crippen molar-refractivity contribution in [1.29, 1.82) is 0 Å². The van der Waals surface area contributed by atoms with Crippen LogP contribution >= 0.6 is 0 Å². The Bertz CT molecular complexity index is 2180. The van der Waals surface area contributed by atoms with E-state index in [0.717, 1.165) is 22.1 Å². The van der Waals surface area contributed by atoms with Gasteiger partial charge in [0.15, 0.2) is 0 Å². The molecule has 3 aromatic carbocycles. The Morgan fingerprint density at radius 3 is 2.12 bits per heavy atom. The number of fused-ring (bicyclic) bond motifs is 3. The van der Waals surface area contributed by atoms with Gasteiger partial charge in [0, 0.05) is 36.5 Å². The van der Waals surface area contributed by atoms with Gasteiger partial charge in [-0.15, -0.1) is 0 Å². The van der Waals surface area contributed by atoms with E-state index in [1.54, 1.807) is 6.07 Å². The molecule has 0 saturated heterocycles. The smallest absolute Gasteiger partial charge is 0.227 e. The van der Waals surface area contributed by atoms with Crippen LogP contribution in [0.25, 0.3) is 55.6 Å². The average Bonchev–Trinajstić information content (AvgIpc) is 3.41. The van der Waals surface area contributed by atoms with Crippen molar-refractivity contribution in [3.8, 4) is 33.5 Å². The summed E-state index contributed by atoms with van der Waals surface area (Å²) in [4.78, 5) is 8.93.